The number of para-hydroxylation sites is 1. The predicted molar refractivity (Wildman–Crippen MR) is 85.3 cm³/mol. The number of hydrogen-bond donors (Lipinski definition) is 1. The van der Waals surface area contributed by atoms with Gasteiger partial charge >= 0.3 is 0 Å². The van der Waals surface area contributed by atoms with Gasteiger partial charge in [-0.15, -0.1) is 0 Å². The summed E-state index contributed by atoms with van der Waals surface area (Å²) in [6.45, 7) is 5.56. The molecule has 0 saturated heterocycles. The van der Waals surface area contributed by atoms with Crippen molar-refractivity contribution in [3.63, 3.8) is 0 Å². The number of aromatic nitrogens is 3. The lowest BCUT2D eigenvalue weighted by molar-refractivity contribution is 0.660. The minimum absolute atomic E-state index is 0.656. The molecular formula is C17H20N4. The lowest BCUT2D eigenvalue weighted by atomic mass is 10.1. The molecule has 2 heterocycles. The number of benzene rings is 1. The van der Waals surface area contributed by atoms with E-state index in [1.165, 1.54) is 22.2 Å². The number of nitrogens with two attached hydrogens (primary N) is 1. The Morgan fingerprint density at radius 1 is 1.14 bits per heavy atom. The van der Waals surface area contributed by atoms with Crippen LogP contribution in [0.15, 0.2) is 36.5 Å². The van der Waals surface area contributed by atoms with Gasteiger partial charge in [-0.25, -0.2) is 0 Å². The van der Waals surface area contributed by atoms with E-state index in [4.69, 9.17) is 5.73 Å². The molecule has 4 heteroatoms. The number of pyridine rings is 1. The van der Waals surface area contributed by atoms with Crippen LogP contribution in [0.5, 0.6) is 0 Å². The van der Waals surface area contributed by atoms with Crippen molar-refractivity contribution in [2.24, 2.45) is 5.73 Å². The van der Waals surface area contributed by atoms with Crippen LogP contribution in [0.3, 0.4) is 0 Å². The first-order valence-electron chi connectivity index (χ1n) is 7.26. The van der Waals surface area contributed by atoms with Crippen LogP contribution in [-0.2, 0) is 13.0 Å². The monoisotopic (exact) mass is 280 g/mol. The van der Waals surface area contributed by atoms with Gasteiger partial charge in [0.05, 0.1) is 17.8 Å². The highest BCUT2D eigenvalue weighted by molar-refractivity contribution is 5.81. The van der Waals surface area contributed by atoms with Gasteiger partial charge in [-0.1, -0.05) is 24.3 Å². The van der Waals surface area contributed by atoms with Crippen molar-refractivity contribution < 1.29 is 0 Å². The highest BCUT2D eigenvalue weighted by Crippen LogP contribution is 2.19. The standard InChI is InChI=1S/C17H20N4/c1-12-16(8-9-18)13(2)21(20-12)11-15-6-3-5-14-7-4-10-19-17(14)15/h3-7,10H,8-9,11,18H2,1-2H3. The normalized spacial score (nSPS) is 11.2. The first kappa shape index (κ1) is 13.8. The molecule has 3 aromatic rings. The molecule has 0 amide bonds. The van der Waals surface area contributed by atoms with E-state index in [-0.39, 0.29) is 0 Å². The molecule has 2 N–H and O–H groups in total. The summed E-state index contributed by atoms with van der Waals surface area (Å²) >= 11 is 0. The minimum Gasteiger partial charge on any atom is -0.330 e. The Labute approximate surface area is 124 Å². The average molecular weight is 280 g/mol. The molecule has 0 bridgehead atoms. The smallest absolute Gasteiger partial charge is 0.0752 e. The van der Waals surface area contributed by atoms with Gasteiger partial charge in [0.25, 0.3) is 0 Å². The van der Waals surface area contributed by atoms with Gasteiger partial charge in [-0.2, -0.15) is 5.10 Å². The molecule has 21 heavy (non-hydrogen) atoms. The number of rotatable bonds is 4. The van der Waals surface area contributed by atoms with Crippen LogP contribution in [0.25, 0.3) is 10.9 Å². The Kier molecular flexibility index (Phi) is 3.71. The van der Waals surface area contributed by atoms with E-state index in [0.717, 1.165) is 24.2 Å². The van der Waals surface area contributed by atoms with Crippen molar-refractivity contribution >= 4 is 10.9 Å². The van der Waals surface area contributed by atoms with E-state index in [1.807, 2.05) is 12.3 Å². The van der Waals surface area contributed by atoms with Crippen LogP contribution in [0, 0.1) is 13.8 Å². The Morgan fingerprint density at radius 3 is 2.76 bits per heavy atom. The van der Waals surface area contributed by atoms with E-state index in [0.29, 0.717) is 6.54 Å². The Morgan fingerprint density at radius 2 is 1.95 bits per heavy atom. The van der Waals surface area contributed by atoms with Crippen LogP contribution in [-0.4, -0.2) is 21.3 Å². The summed E-state index contributed by atoms with van der Waals surface area (Å²) in [7, 11) is 0. The maximum atomic E-state index is 5.69. The van der Waals surface area contributed by atoms with Crippen LogP contribution in [0.2, 0.25) is 0 Å². The number of hydrogen-bond acceptors (Lipinski definition) is 3. The van der Waals surface area contributed by atoms with E-state index >= 15 is 0 Å². The molecule has 0 unspecified atom stereocenters. The zero-order chi connectivity index (χ0) is 14.8. The molecule has 1 aromatic carbocycles. The first-order valence-corrected chi connectivity index (χ1v) is 7.26. The van der Waals surface area contributed by atoms with Gasteiger partial charge in [0.15, 0.2) is 0 Å². The second-order valence-corrected chi connectivity index (χ2v) is 5.34. The van der Waals surface area contributed by atoms with Gasteiger partial charge in [0.1, 0.15) is 0 Å². The lowest BCUT2D eigenvalue weighted by Gasteiger charge is -2.08. The zero-order valence-electron chi connectivity index (χ0n) is 12.5. The third-order valence-electron chi connectivity index (χ3n) is 3.96. The number of nitrogens with zero attached hydrogens (tertiary/aromatic N) is 3. The van der Waals surface area contributed by atoms with Gasteiger partial charge in [-0.3, -0.25) is 9.67 Å². The van der Waals surface area contributed by atoms with E-state index in [9.17, 15) is 0 Å². The second kappa shape index (κ2) is 5.66. The quantitative estimate of drug-likeness (QED) is 0.799. The molecule has 3 rings (SSSR count). The molecule has 4 nitrogen and oxygen atoms in total. The number of aryl methyl sites for hydroxylation is 1. The third-order valence-corrected chi connectivity index (χ3v) is 3.96. The molecule has 2 aromatic heterocycles. The summed E-state index contributed by atoms with van der Waals surface area (Å²) in [5, 5.41) is 5.83. The maximum Gasteiger partial charge on any atom is 0.0752 e. The largest absolute Gasteiger partial charge is 0.330 e. The molecule has 0 spiro atoms. The minimum atomic E-state index is 0.656. The third kappa shape index (κ3) is 2.54. The summed E-state index contributed by atoms with van der Waals surface area (Å²) in [4.78, 5) is 4.51. The topological polar surface area (TPSA) is 56.7 Å². The van der Waals surface area contributed by atoms with Gasteiger partial charge in [0, 0.05) is 17.3 Å². The molecule has 0 radical (unpaired) electrons. The average Bonchev–Trinajstić information content (AvgIpc) is 2.76. The molecule has 0 saturated carbocycles. The van der Waals surface area contributed by atoms with Crippen molar-refractivity contribution in [1.82, 2.24) is 14.8 Å². The fourth-order valence-electron chi connectivity index (χ4n) is 2.85. The van der Waals surface area contributed by atoms with Crippen molar-refractivity contribution in [1.29, 1.82) is 0 Å². The SMILES string of the molecule is Cc1nn(Cc2cccc3cccnc23)c(C)c1CCN. The van der Waals surface area contributed by atoms with E-state index < -0.39 is 0 Å². The first-order chi connectivity index (χ1) is 10.2. The van der Waals surface area contributed by atoms with Crippen LogP contribution < -0.4 is 5.73 Å². The molecule has 0 fully saturated rings. The van der Waals surface area contributed by atoms with Crippen molar-refractivity contribution in [3.05, 3.63) is 59.0 Å². The molecule has 0 atom stereocenters. The van der Waals surface area contributed by atoms with Gasteiger partial charge in [-0.05, 0) is 44.0 Å². The number of fused-ring (bicyclic) bond motifs is 1. The van der Waals surface area contributed by atoms with Crippen molar-refractivity contribution in [3.8, 4) is 0 Å². The maximum absolute atomic E-state index is 5.69. The summed E-state index contributed by atoms with van der Waals surface area (Å²) in [5.74, 6) is 0. The molecule has 108 valence electrons. The fraction of sp³-hybridized carbons (Fsp3) is 0.294. The predicted octanol–water partition coefficient (Wildman–Crippen LogP) is 2.60. The van der Waals surface area contributed by atoms with Gasteiger partial charge in [0.2, 0.25) is 0 Å². The van der Waals surface area contributed by atoms with E-state index in [1.54, 1.807) is 0 Å². The summed E-state index contributed by atoms with van der Waals surface area (Å²) in [5.41, 5.74) is 11.5. The Bertz CT molecular complexity index is 768. The molecule has 0 aliphatic rings. The van der Waals surface area contributed by atoms with Crippen molar-refractivity contribution in [2.45, 2.75) is 26.8 Å². The molecule has 0 aliphatic carbocycles. The summed E-state index contributed by atoms with van der Waals surface area (Å²) < 4.78 is 2.06. The summed E-state index contributed by atoms with van der Waals surface area (Å²) in [6.07, 6.45) is 2.72. The van der Waals surface area contributed by atoms with Crippen LogP contribution >= 0.6 is 0 Å². The van der Waals surface area contributed by atoms with Gasteiger partial charge < -0.3 is 5.73 Å². The lowest BCUT2D eigenvalue weighted by Crippen LogP contribution is -2.07. The highest BCUT2D eigenvalue weighted by atomic mass is 15.3. The summed E-state index contributed by atoms with van der Waals surface area (Å²) in [6, 6.07) is 10.3. The highest BCUT2D eigenvalue weighted by Gasteiger charge is 2.12. The van der Waals surface area contributed by atoms with Crippen LogP contribution in [0.4, 0.5) is 0 Å². The van der Waals surface area contributed by atoms with Crippen molar-refractivity contribution in [2.75, 3.05) is 6.54 Å². The Balaban J connectivity index is 2.01. The molecule has 0 aliphatic heterocycles. The fourth-order valence-corrected chi connectivity index (χ4v) is 2.85. The molecular weight excluding hydrogens is 260 g/mol. The van der Waals surface area contributed by atoms with Crippen LogP contribution in [0.1, 0.15) is 22.5 Å². The Hall–Kier alpha value is -2.20. The second-order valence-electron chi connectivity index (χ2n) is 5.34. The zero-order valence-corrected chi connectivity index (χ0v) is 12.5. The van der Waals surface area contributed by atoms with E-state index in [2.05, 4.69) is 52.9 Å².